The summed E-state index contributed by atoms with van der Waals surface area (Å²) in [6.07, 6.45) is 0.850. The zero-order valence-electron chi connectivity index (χ0n) is 10.6. The standard InChI is InChI=1S/C13H14INO2S2/c1-3-10-7-8-13(18-10)19(16,17)15-12-6-4-5-11(14)9(12)2/h4-8,15H,3H2,1-2H3. The summed E-state index contributed by atoms with van der Waals surface area (Å²) in [6.45, 7) is 3.92. The molecule has 0 amide bonds. The van der Waals surface area contributed by atoms with E-state index in [4.69, 9.17) is 0 Å². The van der Waals surface area contributed by atoms with Crippen LogP contribution in [0, 0.1) is 10.5 Å². The highest BCUT2D eigenvalue weighted by molar-refractivity contribution is 14.1. The number of anilines is 1. The summed E-state index contributed by atoms with van der Waals surface area (Å²) in [7, 11) is -3.48. The Balaban J connectivity index is 2.33. The van der Waals surface area contributed by atoms with Crippen molar-refractivity contribution in [3.8, 4) is 0 Å². The molecular weight excluding hydrogens is 393 g/mol. The number of thiophene rings is 1. The molecule has 0 spiro atoms. The number of halogens is 1. The summed E-state index contributed by atoms with van der Waals surface area (Å²) < 4.78 is 28.6. The zero-order chi connectivity index (χ0) is 14.0. The molecule has 1 aromatic heterocycles. The minimum absolute atomic E-state index is 0.364. The average molecular weight is 407 g/mol. The van der Waals surface area contributed by atoms with Gasteiger partial charge in [-0.25, -0.2) is 8.42 Å². The summed E-state index contributed by atoms with van der Waals surface area (Å²) in [6, 6.07) is 9.10. The van der Waals surface area contributed by atoms with Crippen LogP contribution in [0.4, 0.5) is 5.69 Å². The van der Waals surface area contributed by atoms with Crippen LogP contribution in [0.1, 0.15) is 17.4 Å². The molecule has 102 valence electrons. The van der Waals surface area contributed by atoms with Crippen molar-refractivity contribution in [1.82, 2.24) is 0 Å². The van der Waals surface area contributed by atoms with Gasteiger partial charge >= 0.3 is 0 Å². The van der Waals surface area contributed by atoms with E-state index in [-0.39, 0.29) is 0 Å². The van der Waals surface area contributed by atoms with Crippen molar-refractivity contribution in [2.24, 2.45) is 0 Å². The first kappa shape index (κ1) is 14.8. The van der Waals surface area contributed by atoms with Crippen LogP contribution in [0.2, 0.25) is 0 Å². The Morgan fingerprint density at radius 3 is 2.63 bits per heavy atom. The van der Waals surface area contributed by atoms with Gasteiger partial charge in [0.2, 0.25) is 0 Å². The summed E-state index contributed by atoms with van der Waals surface area (Å²) in [5.41, 5.74) is 1.58. The average Bonchev–Trinajstić information content (AvgIpc) is 2.84. The van der Waals surface area contributed by atoms with Crippen molar-refractivity contribution >= 4 is 49.6 Å². The van der Waals surface area contributed by atoms with Crippen LogP contribution in [0.15, 0.2) is 34.5 Å². The third-order valence-electron chi connectivity index (χ3n) is 2.76. The van der Waals surface area contributed by atoms with Gasteiger partial charge in [0, 0.05) is 8.45 Å². The van der Waals surface area contributed by atoms with Crippen LogP contribution < -0.4 is 4.72 Å². The number of hydrogen-bond acceptors (Lipinski definition) is 3. The summed E-state index contributed by atoms with van der Waals surface area (Å²) in [4.78, 5) is 1.07. The van der Waals surface area contributed by atoms with Gasteiger partial charge in [-0.15, -0.1) is 11.3 Å². The molecule has 3 nitrogen and oxygen atoms in total. The summed E-state index contributed by atoms with van der Waals surface area (Å²) >= 11 is 3.51. The first-order chi connectivity index (χ1) is 8.94. The third kappa shape index (κ3) is 3.29. The molecule has 1 aromatic carbocycles. The third-order valence-corrected chi connectivity index (χ3v) is 7.02. The topological polar surface area (TPSA) is 46.2 Å². The van der Waals surface area contributed by atoms with Gasteiger partial charge in [0.25, 0.3) is 10.0 Å². The minimum Gasteiger partial charge on any atom is -0.279 e. The number of hydrogen-bond donors (Lipinski definition) is 1. The van der Waals surface area contributed by atoms with Crippen LogP contribution >= 0.6 is 33.9 Å². The monoisotopic (exact) mass is 407 g/mol. The molecule has 0 fully saturated rings. The largest absolute Gasteiger partial charge is 0.279 e. The van der Waals surface area contributed by atoms with E-state index in [2.05, 4.69) is 27.3 Å². The molecule has 0 aliphatic heterocycles. The van der Waals surface area contributed by atoms with Gasteiger partial charge in [0.15, 0.2) is 0 Å². The second-order valence-electron chi connectivity index (χ2n) is 4.09. The maximum atomic E-state index is 12.3. The first-order valence-electron chi connectivity index (χ1n) is 5.80. The molecule has 0 saturated carbocycles. The summed E-state index contributed by atoms with van der Waals surface area (Å²) in [5.74, 6) is 0. The molecule has 19 heavy (non-hydrogen) atoms. The minimum atomic E-state index is -3.48. The van der Waals surface area contributed by atoms with Crippen molar-refractivity contribution in [3.63, 3.8) is 0 Å². The quantitative estimate of drug-likeness (QED) is 0.779. The lowest BCUT2D eigenvalue weighted by Crippen LogP contribution is -2.12. The fraction of sp³-hybridized carbons (Fsp3) is 0.231. The van der Waals surface area contributed by atoms with E-state index in [1.165, 1.54) is 11.3 Å². The molecule has 0 bridgehead atoms. The predicted molar refractivity (Wildman–Crippen MR) is 88.4 cm³/mol. The second-order valence-corrected chi connectivity index (χ2v) is 8.33. The zero-order valence-corrected chi connectivity index (χ0v) is 14.4. The molecule has 0 atom stereocenters. The Labute approximate surface area is 131 Å². The van der Waals surface area contributed by atoms with E-state index < -0.39 is 10.0 Å². The molecule has 6 heteroatoms. The normalized spacial score (nSPS) is 11.5. The van der Waals surface area contributed by atoms with Crippen LogP contribution in [0.3, 0.4) is 0 Å². The summed E-state index contributed by atoms with van der Waals surface area (Å²) in [5, 5.41) is 0. The molecule has 1 heterocycles. The van der Waals surface area contributed by atoms with E-state index in [9.17, 15) is 8.42 Å². The van der Waals surface area contributed by atoms with Gasteiger partial charge in [-0.1, -0.05) is 13.0 Å². The highest BCUT2D eigenvalue weighted by atomic mass is 127. The van der Waals surface area contributed by atoms with Crippen molar-refractivity contribution in [1.29, 1.82) is 0 Å². The second kappa shape index (κ2) is 5.80. The molecule has 0 radical (unpaired) electrons. The van der Waals surface area contributed by atoms with E-state index in [1.807, 2.05) is 32.0 Å². The van der Waals surface area contributed by atoms with Gasteiger partial charge in [-0.2, -0.15) is 0 Å². The molecule has 2 aromatic rings. The number of nitrogens with one attached hydrogen (secondary N) is 1. The predicted octanol–water partition coefficient (Wildman–Crippen LogP) is 4.02. The van der Waals surface area contributed by atoms with Gasteiger partial charge in [-0.05, 0) is 65.8 Å². The van der Waals surface area contributed by atoms with Gasteiger partial charge < -0.3 is 0 Å². The lowest BCUT2D eigenvalue weighted by Gasteiger charge is -2.10. The fourth-order valence-electron chi connectivity index (χ4n) is 1.61. The van der Waals surface area contributed by atoms with E-state index in [0.29, 0.717) is 9.90 Å². The number of benzene rings is 1. The fourth-order valence-corrected chi connectivity index (χ4v) is 4.52. The lowest BCUT2D eigenvalue weighted by molar-refractivity contribution is 0.603. The molecule has 0 saturated heterocycles. The van der Waals surface area contributed by atoms with Crippen molar-refractivity contribution in [2.45, 2.75) is 24.5 Å². The van der Waals surface area contributed by atoms with E-state index in [0.717, 1.165) is 20.4 Å². The maximum absolute atomic E-state index is 12.3. The highest BCUT2D eigenvalue weighted by Crippen LogP contribution is 2.27. The molecule has 2 rings (SSSR count). The number of rotatable bonds is 4. The van der Waals surface area contributed by atoms with Crippen LogP contribution in [0.25, 0.3) is 0 Å². The first-order valence-corrected chi connectivity index (χ1v) is 9.18. The van der Waals surface area contributed by atoms with Gasteiger partial charge in [-0.3, -0.25) is 4.72 Å². The SMILES string of the molecule is CCc1ccc(S(=O)(=O)Nc2cccc(I)c2C)s1. The smallest absolute Gasteiger partial charge is 0.271 e. The highest BCUT2D eigenvalue weighted by Gasteiger charge is 2.17. The van der Waals surface area contributed by atoms with Gasteiger partial charge in [0.1, 0.15) is 4.21 Å². The van der Waals surface area contributed by atoms with Gasteiger partial charge in [0.05, 0.1) is 5.69 Å². The molecular formula is C13H14INO2S2. The molecule has 0 aliphatic rings. The Hall–Kier alpha value is -0.600. The van der Waals surface area contributed by atoms with E-state index >= 15 is 0 Å². The Morgan fingerprint density at radius 1 is 1.26 bits per heavy atom. The van der Waals surface area contributed by atoms with Crippen LogP contribution in [-0.2, 0) is 16.4 Å². The van der Waals surface area contributed by atoms with Crippen molar-refractivity contribution in [2.75, 3.05) is 4.72 Å². The maximum Gasteiger partial charge on any atom is 0.271 e. The Kier molecular flexibility index (Phi) is 4.52. The Morgan fingerprint density at radius 2 is 2.00 bits per heavy atom. The molecule has 0 aliphatic carbocycles. The van der Waals surface area contributed by atoms with Crippen molar-refractivity contribution < 1.29 is 8.42 Å². The number of sulfonamides is 1. The Bertz CT molecular complexity index is 692. The number of aryl methyl sites for hydroxylation is 1. The van der Waals surface area contributed by atoms with E-state index in [1.54, 1.807) is 12.1 Å². The molecule has 1 N–H and O–H groups in total. The lowest BCUT2D eigenvalue weighted by atomic mass is 10.2. The van der Waals surface area contributed by atoms with Crippen LogP contribution in [-0.4, -0.2) is 8.42 Å². The molecule has 0 unspecified atom stereocenters. The van der Waals surface area contributed by atoms with Crippen molar-refractivity contribution in [3.05, 3.63) is 44.3 Å². The van der Waals surface area contributed by atoms with Crippen LogP contribution in [0.5, 0.6) is 0 Å².